The molecule has 9 rings (SSSR count). The maximum Gasteiger partial charge on any atom is 0.407 e. The SMILES string of the molecule is COc1cccc2c1C(=O)c1c(O)c3c(c(O)c1C2=O)C[C@](O)(C(=O)CO)C[C@H]3O[C@H]1C[C@H](NC(=O)O[C@@H]2CC[C@@]3(C)C(=CCC4C3CC[C@@]3(C)C4CC[C@@H]3C(C)CCCC(C)C)C2)[C@H](O)[C@H](C)O1. The molecule has 2 aromatic carbocycles. The first-order valence-corrected chi connectivity index (χ1v) is 25.6. The number of carbonyl (C=O) groups excluding carboxylic acids is 4. The molecule has 4 fully saturated rings. The average molecular weight is 956 g/mol. The van der Waals surface area contributed by atoms with Gasteiger partial charge in [0.1, 0.15) is 41.7 Å². The van der Waals surface area contributed by atoms with Gasteiger partial charge in [0.15, 0.2) is 17.9 Å². The van der Waals surface area contributed by atoms with Gasteiger partial charge in [-0.1, -0.05) is 77.7 Å². The second kappa shape index (κ2) is 18.7. The molecule has 6 aliphatic carbocycles. The number of alkyl carbamates (subject to hydrolysis) is 1. The van der Waals surface area contributed by atoms with Crippen LogP contribution in [-0.2, 0) is 25.4 Å². The van der Waals surface area contributed by atoms with Gasteiger partial charge in [0.25, 0.3) is 0 Å². The van der Waals surface area contributed by atoms with Gasteiger partial charge in [0.05, 0.1) is 42.0 Å². The van der Waals surface area contributed by atoms with Crippen molar-refractivity contribution in [2.75, 3.05) is 13.7 Å². The number of hydrogen-bond donors (Lipinski definition) is 6. The van der Waals surface area contributed by atoms with Crippen LogP contribution in [0.5, 0.6) is 17.2 Å². The van der Waals surface area contributed by atoms with Gasteiger partial charge in [0, 0.05) is 42.4 Å². The largest absolute Gasteiger partial charge is 0.507 e. The predicted octanol–water partition coefficient (Wildman–Crippen LogP) is 8.18. The lowest BCUT2D eigenvalue weighted by Crippen LogP contribution is -2.56. The number of rotatable bonds is 12. The quantitative estimate of drug-likeness (QED) is 0.0747. The number of ether oxygens (including phenoxy) is 4. The molecule has 69 heavy (non-hydrogen) atoms. The Bertz CT molecular complexity index is 2410. The number of ketones is 3. The molecule has 4 unspecified atom stereocenters. The molecule has 14 atom stereocenters. The van der Waals surface area contributed by atoms with Crippen molar-refractivity contribution >= 4 is 23.4 Å². The van der Waals surface area contributed by atoms with Gasteiger partial charge in [-0.05, 0) is 104 Å². The molecule has 0 bridgehead atoms. The van der Waals surface area contributed by atoms with E-state index < -0.39 is 102 Å². The van der Waals surface area contributed by atoms with Gasteiger partial charge in [0.2, 0.25) is 5.78 Å². The summed E-state index contributed by atoms with van der Waals surface area (Å²) in [5, 5.41) is 59.5. The van der Waals surface area contributed by atoms with E-state index in [1.807, 2.05) is 0 Å². The Balaban J connectivity index is 0.886. The Morgan fingerprint density at radius 2 is 1.71 bits per heavy atom. The second-order valence-corrected chi connectivity index (χ2v) is 22.8. The first-order valence-electron chi connectivity index (χ1n) is 25.6. The number of amides is 1. The summed E-state index contributed by atoms with van der Waals surface area (Å²) >= 11 is 0. The van der Waals surface area contributed by atoms with E-state index in [1.165, 1.54) is 75.8 Å². The summed E-state index contributed by atoms with van der Waals surface area (Å²) in [6.07, 6.45) is 7.91. The standard InChI is InChI=1S/C55H73NO13/c1-27(2)10-8-11-28(3)35-16-17-36-32-15-14-30-22-31(18-20-53(30,5)37(32)19-21-54(35,36)6)68-52(64)56-38-23-42(67-29(4)47(38)59)69-40-25-55(65,41(58)26-57)24-34-44(40)51(63)46-45(49(34)61)48(60)33-12-9-13-39(66-7)43(33)50(46)62/h9,12-14,27-29,31-32,35-38,40,42,47,57,59,61,63,65H,8,10-11,15-26H2,1-7H3,(H,56,64)/t28?,29-,31+,32?,35+,36?,37?,38-,40+,42-,47+,53-,54+,55+/m0/s1. The van der Waals surface area contributed by atoms with Crippen molar-refractivity contribution in [1.82, 2.24) is 5.32 Å². The Morgan fingerprint density at radius 1 is 0.957 bits per heavy atom. The fourth-order valence-corrected chi connectivity index (χ4v) is 14.9. The lowest BCUT2D eigenvalue weighted by molar-refractivity contribution is -0.249. The average Bonchev–Trinajstić information content (AvgIpc) is 3.67. The molecule has 376 valence electrons. The first kappa shape index (κ1) is 49.6. The van der Waals surface area contributed by atoms with E-state index in [0.717, 1.165) is 42.9 Å². The Labute approximate surface area is 405 Å². The lowest BCUT2D eigenvalue weighted by atomic mass is 9.47. The van der Waals surface area contributed by atoms with Crippen LogP contribution in [0.4, 0.5) is 4.79 Å². The van der Waals surface area contributed by atoms with Crippen LogP contribution in [0.3, 0.4) is 0 Å². The highest BCUT2D eigenvalue weighted by molar-refractivity contribution is 6.31. The molecule has 6 N–H and O–H groups in total. The summed E-state index contributed by atoms with van der Waals surface area (Å²) in [4.78, 5) is 54.9. The van der Waals surface area contributed by atoms with Crippen LogP contribution in [0.2, 0.25) is 0 Å². The van der Waals surface area contributed by atoms with Crippen molar-refractivity contribution in [3.8, 4) is 17.2 Å². The van der Waals surface area contributed by atoms with Gasteiger partial charge < -0.3 is 49.8 Å². The van der Waals surface area contributed by atoms with E-state index in [-0.39, 0.29) is 45.9 Å². The van der Waals surface area contributed by atoms with E-state index in [0.29, 0.717) is 23.7 Å². The Hall–Kier alpha value is -4.34. The highest BCUT2D eigenvalue weighted by atomic mass is 16.7. The Kier molecular flexibility index (Phi) is 13.4. The fraction of sp³-hybridized carbons (Fsp3) is 0.673. The number of Topliss-reactive ketones (excluding diaryl/α,β-unsaturated/α-hetero) is 1. The van der Waals surface area contributed by atoms with Crippen molar-refractivity contribution in [3.05, 3.63) is 63.2 Å². The minimum atomic E-state index is -2.33. The van der Waals surface area contributed by atoms with E-state index >= 15 is 0 Å². The molecule has 0 spiro atoms. The zero-order valence-electron chi connectivity index (χ0n) is 41.3. The molecule has 1 amide bonds. The minimum absolute atomic E-state index is 0.0643. The molecule has 0 radical (unpaired) electrons. The summed E-state index contributed by atoms with van der Waals surface area (Å²) in [5.74, 6) is 0.407. The molecule has 3 saturated carbocycles. The van der Waals surface area contributed by atoms with Gasteiger partial charge in [-0.2, -0.15) is 0 Å². The van der Waals surface area contributed by atoms with Gasteiger partial charge in [-0.25, -0.2) is 4.79 Å². The number of nitrogens with one attached hydrogen (secondary N) is 1. The van der Waals surface area contributed by atoms with Crippen LogP contribution in [0.1, 0.15) is 174 Å². The van der Waals surface area contributed by atoms with Crippen molar-refractivity contribution in [2.24, 2.45) is 46.3 Å². The minimum Gasteiger partial charge on any atom is -0.507 e. The van der Waals surface area contributed by atoms with Crippen LogP contribution < -0.4 is 10.1 Å². The number of benzene rings is 2. The summed E-state index contributed by atoms with van der Waals surface area (Å²) < 4.78 is 23.9. The predicted molar refractivity (Wildman–Crippen MR) is 254 cm³/mol. The third-order valence-corrected chi connectivity index (χ3v) is 18.6. The fourth-order valence-electron chi connectivity index (χ4n) is 14.9. The van der Waals surface area contributed by atoms with Crippen molar-refractivity contribution in [2.45, 2.75) is 174 Å². The molecule has 1 aliphatic heterocycles. The number of phenols is 2. The monoisotopic (exact) mass is 956 g/mol. The zero-order valence-corrected chi connectivity index (χ0v) is 41.3. The number of fused-ring (bicyclic) bond motifs is 8. The normalized spacial score (nSPS) is 36.2. The smallest absolute Gasteiger partial charge is 0.407 e. The molecular weight excluding hydrogens is 883 g/mol. The maximum absolute atomic E-state index is 14.1. The van der Waals surface area contributed by atoms with Crippen molar-refractivity contribution in [3.63, 3.8) is 0 Å². The van der Waals surface area contributed by atoms with E-state index in [9.17, 15) is 44.7 Å². The van der Waals surface area contributed by atoms with Crippen molar-refractivity contribution in [1.29, 1.82) is 0 Å². The number of methoxy groups -OCH3 is 1. The number of aromatic hydroxyl groups is 2. The number of allylic oxidation sites excluding steroid dienone is 1. The number of aliphatic hydroxyl groups excluding tert-OH is 2. The summed E-state index contributed by atoms with van der Waals surface area (Å²) in [7, 11) is 1.33. The second-order valence-electron chi connectivity index (χ2n) is 22.8. The van der Waals surface area contributed by atoms with E-state index in [2.05, 4.69) is 46.0 Å². The highest BCUT2D eigenvalue weighted by Crippen LogP contribution is 2.67. The van der Waals surface area contributed by atoms with E-state index in [1.54, 1.807) is 6.92 Å². The van der Waals surface area contributed by atoms with Crippen LogP contribution in [0.15, 0.2) is 29.8 Å². The van der Waals surface area contributed by atoms with Gasteiger partial charge in [-0.15, -0.1) is 0 Å². The maximum atomic E-state index is 14.1. The summed E-state index contributed by atoms with van der Waals surface area (Å²) in [5.41, 5.74) is -2.04. The first-order chi connectivity index (χ1) is 32.7. The molecule has 2 aromatic rings. The van der Waals surface area contributed by atoms with Crippen molar-refractivity contribution < 1.29 is 63.7 Å². The topological polar surface area (TPSA) is 218 Å². The molecule has 14 heteroatoms. The Morgan fingerprint density at radius 3 is 2.43 bits per heavy atom. The molecule has 14 nitrogen and oxygen atoms in total. The summed E-state index contributed by atoms with van der Waals surface area (Å²) in [6, 6.07) is 3.45. The molecular formula is C55H73NO13. The molecule has 1 saturated heterocycles. The number of phenolic OH excluding ortho intramolecular Hbond substituents is 2. The van der Waals surface area contributed by atoms with Crippen LogP contribution in [0.25, 0.3) is 0 Å². The third kappa shape index (κ3) is 8.41. The number of aliphatic hydroxyl groups is 3. The van der Waals surface area contributed by atoms with Gasteiger partial charge >= 0.3 is 6.09 Å². The van der Waals surface area contributed by atoms with Crippen LogP contribution in [0, 0.1) is 46.3 Å². The van der Waals surface area contributed by atoms with Crippen LogP contribution >= 0.6 is 0 Å². The molecule has 7 aliphatic rings. The molecule has 1 heterocycles. The third-order valence-electron chi connectivity index (χ3n) is 18.6. The lowest BCUT2D eigenvalue weighted by Gasteiger charge is -2.58. The number of hydrogen-bond acceptors (Lipinski definition) is 13. The zero-order chi connectivity index (χ0) is 49.5. The summed E-state index contributed by atoms with van der Waals surface area (Å²) in [6.45, 7) is 12.8. The highest BCUT2D eigenvalue weighted by Gasteiger charge is 2.59. The van der Waals surface area contributed by atoms with Crippen LogP contribution in [-0.4, -0.2) is 98.9 Å². The van der Waals surface area contributed by atoms with Gasteiger partial charge in [-0.3, -0.25) is 14.4 Å². The molecule has 0 aromatic heterocycles. The van der Waals surface area contributed by atoms with E-state index in [4.69, 9.17) is 18.9 Å². The number of carbonyl (C=O) groups is 4.